The molecule has 60 valence electrons. The minimum absolute atomic E-state index is 0.164. The van der Waals surface area contributed by atoms with Crippen molar-refractivity contribution in [1.29, 1.82) is 0 Å². The molecule has 11 heavy (non-hydrogen) atoms. The summed E-state index contributed by atoms with van der Waals surface area (Å²) in [5, 5.41) is 9.22. The summed E-state index contributed by atoms with van der Waals surface area (Å²) in [5.74, 6) is 0.0137. The van der Waals surface area contributed by atoms with Crippen LogP contribution >= 0.6 is 0 Å². The number of nitrogens with one attached hydrogen (secondary N) is 1. The van der Waals surface area contributed by atoms with Crippen molar-refractivity contribution >= 4 is 0 Å². The molecule has 0 fully saturated rings. The van der Waals surface area contributed by atoms with Gasteiger partial charge in [-0.15, -0.1) is 0 Å². The van der Waals surface area contributed by atoms with Crippen LogP contribution in [0.5, 0.6) is 5.75 Å². The van der Waals surface area contributed by atoms with E-state index in [2.05, 4.69) is 4.98 Å². The SMILES string of the molecule is CC(C)c1cc[nH]c(=O)c1O. The molecule has 0 aromatic carbocycles. The number of aromatic amines is 1. The van der Waals surface area contributed by atoms with E-state index in [1.807, 2.05) is 13.8 Å². The number of aromatic nitrogens is 1. The maximum absolute atomic E-state index is 10.8. The third-order valence-electron chi connectivity index (χ3n) is 1.59. The van der Waals surface area contributed by atoms with Gasteiger partial charge in [-0.3, -0.25) is 4.79 Å². The predicted molar refractivity (Wildman–Crippen MR) is 42.8 cm³/mol. The molecule has 0 unspecified atom stereocenters. The maximum atomic E-state index is 10.8. The largest absolute Gasteiger partial charge is 0.503 e. The summed E-state index contributed by atoms with van der Waals surface area (Å²) in [6.45, 7) is 3.85. The molecular weight excluding hydrogens is 142 g/mol. The van der Waals surface area contributed by atoms with Gasteiger partial charge in [0.2, 0.25) is 0 Å². The highest BCUT2D eigenvalue weighted by molar-refractivity contribution is 5.30. The van der Waals surface area contributed by atoms with Crippen molar-refractivity contribution in [3.8, 4) is 5.75 Å². The molecule has 2 N–H and O–H groups in total. The number of hydrogen-bond acceptors (Lipinski definition) is 2. The van der Waals surface area contributed by atoms with Gasteiger partial charge < -0.3 is 10.1 Å². The van der Waals surface area contributed by atoms with Crippen molar-refractivity contribution in [2.24, 2.45) is 0 Å². The second-order valence-electron chi connectivity index (χ2n) is 2.77. The van der Waals surface area contributed by atoms with E-state index < -0.39 is 5.56 Å². The Bertz CT molecular complexity index is 301. The Morgan fingerprint density at radius 2 is 2.18 bits per heavy atom. The fourth-order valence-electron chi connectivity index (χ4n) is 0.951. The smallest absolute Gasteiger partial charge is 0.290 e. The molecule has 0 aliphatic carbocycles. The summed E-state index contributed by atoms with van der Waals surface area (Å²) in [6, 6.07) is 1.71. The highest BCUT2D eigenvalue weighted by Gasteiger charge is 2.07. The number of aromatic hydroxyl groups is 1. The van der Waals surface area contributed by atoms with Gasteiger partial charge in [0.05, 0.1) is 0 Å². The van der Waals surface area contributed by atoms with Gasteiger partial charge in [0, 0.05) is 11.8 Å². The zero-order valence-corrected chi connectivity index (χ0v) is 6.59. The molecule has 0 bridgehead atoms. The van der Waals surface area contributed by atoms with Gasteiger partial charge in [-0.05, 0) is 12.0 Å². The number of H-pyrrole nitrogens is 1. The monoisotopic (exact) mass is 153 g/mol. The third kappa shape index (κ3) is 1.42. The fraction of sp³-hybridized carbons (Fsp3) is 0.375. The van der Waals surface area contributed by atoms with Gasteiger partial charge in [0.15, 0.2) is 5.75 Å². The van der Waals surface area contributed by atoms with Gasteiger partial charge >= 0.3 is 0 Å². The quantitative estimate of drug-likeness (QED) is 0.637. The number of pyridine rings is 1. The minimum atomic E-state index is -0.420. The standard InChI is InChI=1S/C8H11NO2/c1-5(2)6-3-4-9-8(11)7(6)10/h3-5,10H,1-2H3,(H,9,11). The van der Waals surface area contributed by atoms with Crippen molar-refractivity contribution in [1.82, 2.24) is 4.98 Å². The maximum Gasteiger partial charge on any atom is 0.290 e. The molecule has 0 aliphatic rings. The van der Waals surface area contributed by atoms with Crippen molar-refractivity contribution < 1.29 is 5.11 Å². The predicted octanol–water partition coefficient (Wildman–Crippen LogP) is 1.20. The van der Waals surface area contributed by atoms with Gasteiger partial charge in [-0.1, -0.05) is 13.8 Å². The Balaban J connectivity index is 3.28. The van der Waals surface area contributed by atoms with E-state index in [1.165, 1.54) is 6.20 Å². The summed E-state index contributed by atoms with van der Waals surface area (Å²) >= 11 is 0. The third-order valence-corrected chi connectivity index (χ3v) is 1.59. The van der Waals surface area contributed by atoms with E-state index in [0.29, 0.717) is 5.56 Å². The van der Waals surface area contributed by atoms with Crippen LogP contribution in [0.3, 0.4) is 0 Å². The van der Waals surface area contributed by atoms with Crippen LogP contribution in [0, 0.1) is 0 Å². The summed E-state index contributed by atoms with van der Waals surface area (Å²) in [6.07, 6.45) is 1.54. The van der Waals surface area contributed by atoms with Gasteiger partial charge in [-0.25, -0.2) is 0 Å². The van der Waals surface area contributed by atoms with E-state index in [-0.39, 0.29) is 11.7 Å². The van der Waals surface area contributed by atoms with E-state index in [1.54, 1.807) is 6.07 Å². The van der Waals surface area contributed by atoms with E-state index in [9.17, 15) is 9.90 Å². The molecule has 0 saturated heterocycles. The molecule has 0 radical (unpaired) electrons. The Morgan fingerprint density at radius 3 is 2.64 bits per heavy atom. The normalized spacial score (nSPS) is 10.5. The van der Waals surface area contributed by atoms with Crippen LogP contribution in [0.1, 0.15) is 25.3 Å². The van der Waals surface area contributed by atoms with Crippen molar-refractivity contribution in [3.05, 3.63) is 28.2 Å². The topological polar surface area (TPSA) is 53.1 Å². The molecule has 0 spiro atoms. The number of hydrogen-bond donors (Lipinski definition) is 2. The Labute approximate surface area is 64.7 Å². The van der Waals surface area contributed by atoms with Crippen molar-refractivity contribution in [3.63, 3.8) is 0 Å². The summed E-state index contributed by atoms with van der Waals surface area (Å²) in [5.41, 5.74) is 0.268. The van der Waals surface area contributed by atoms with Crippen molar-refractivity contribution in [2.45, 2.75) is 19.8 Å². The summed E-state index contributed by atoms with van der Waals surface area (Å²) < 4.78 is 0. The molecule has 1 aromatic heterocycles. The highest BCUT2D eigenvalue weighted by Crippen LogP contribution is 2.19. The average Bonchev–Trinajstić information content (AvgIpc) is 1.94. The molecule has 1 aromatic rings. The van der Waals surface area contributed by atoms with Crippen LogP contribution in [0.25, 0.3) is 0 Å². The zero-order chi connectivity index (χ0) is 8.43. The Kier molecular flexibility index (Phi) is 1.98. The fourth-order valence-corrected chi connectivity index (χ4v) is 0.951. The zero-order valence-electron chi connectivity index (χ0n) is 6.59. The molecule has 0 amide bonds. The molecule has 1 heterocycles. The lowest BCUT2D eigenvalue weighted by molar-refractivity contribution is 0.456. The average molecular weight is 153 g/mol. The highest BCUT2D eigenvalue weighted by atomic mass is 16.3. The summed E-state index contributed by atoms with van der Waals surface area (Å²) in [7, 11) is 0. The Morgan fingerprint density at radius 1 is 1.55 bits per heavy atom. The lowest BCUT2D eigenvalue weighted by Crippen LogP contribution is -2.06. The molecule has 3 nitrogen and oxygen atoms in total. The van der Waals surface area contributed by atoms with Gasteiger partial charge in [0.25, 0.3) is 5.56 Å². The molecular formula is C8H11NO2. The van der Waals surface area contributed by atoms with E-state index >= 15 is 0 Å². The van der Waals surface area contributed by atoms with E-state index in [0.717, 1.165) is 0 Å². The van der Waals surface area contributed by atoms with Crippen LogP contribution in [0.2, 0.25) is 0 Å². The molecule has 0 saturated carbocycles. The van der Waals surface area contributed by atoms with Crippen molar-refractivity contribution in [2.75, 3.05) is 0 Å². The second kappa shape index (κ2) is 2.78. The number of rotatable bonds is 1. The molecule has 0 atom stereocenters. The molecule has 0 aliphatic heterocycles. The Hall–Kier alpha value is -1.25. The van der Waals surface area contributed by atoms with E-state index in [4.69, 9.17) is 0 Å². The first-order valence-corrected chi connectivity index (χ1v) is 3.53. The first-order chi connectivity index (χ1) is 5.13. The van der Waals surface area contributed by atoms with Crippen LogP contribution in [0.15, 0.2) is 17.1 Å². The summed E-state index contributed by atoms with van der Waals surface area (Å²) in [4.78, 5) is 13.2. The first kappa shape index (κ1) is 7.85. The molecule has 1 rings (SSSR count). The van der Waals surface area contributed by atoms with Crippen LogP contribution < -0.4 is 5.56 Å². The second-order valence-corrected chi connectivity index (χ2v) is 2.77. The van der Waals surface area contributed by atoms with Gasteiger partial charge in [-0.2, -0.15) is 0 Å². The minimum Gasteiger partial charge on any atom is -0.503 e. The molecule has 3 heteroatoms. The lowest BCUT2D eigenvalue weighted by Gasteiger charge is -2.05. The van der Waals surface area contributed by atoms with Crippen LogP contribution in [0.4, 0.5) is 0 Å². The first-order valence-electron chi connectivity index (χ1n) is 3.53. The van der Waals surface area contributed by atoms with Gasteiger partial charge in [0.1, 0.15) is 0 Å². The van der Waals surface area contributed by atoms with Crippen LogP contribution in [-0.2, 0) is 0 Å². The lowest BCUT2D eigenvalue weighted by atomic mass is 10.0. The van der Waals surface area contributed by atoms with Crippen LogP contribution in [-0.4, -0.2) is 10.1 Å².